The molecule has 1 amide bonds. The molecule has 0 fully saturated rings. The van der Waals surface area contributed by atoms with Crippen molar-refractivity contribution in [3.63, 3.8) is 0 Å². The second kappa shape index (κ2) is 11.3. The number of likely N-dealkylation sites (N-methyl/N-ethyl adjacent to an activating group) is 1. The molecule has 0 bridgehead atoms. The summed E-state index contributed by atoms with van der Waals surface area (Å²) >= 11 is 7.34. The molecule has 0 saturated heterocycles. The van der Waals surface area contributed by atoms with E-state index in [0.717, 1.165) is 21.5 Å². The Balaban J connectivity index is 1.47. The van der Waals surface area contributed by atoms with E-state index in [2.05, 4.69) is 15.3 Å². The molecule has 8 nitrogen and oxygen atoms in total. The Hall–Kier alpha value is -3.11. The van der Waals surface area contributed by atoms with Gasteiger partial charge in [0.25, 0.3) is 0 Å². The third kappa shape index (κ3) is 5.99. The van der Waals surface area contributed by atoms with Crippen molar-refractivity contribution in [2.24, 2.45) is 7.05 Å². The van der Waals surface area contributed by atoms with Crippen LogP contribution in [0.4, 0.5) is 0 Å². The molecular formula is C26H28ClN5O3S. The lowest BCUT2D eigenvalue weighted by Gasteiger charge is -2.19. The van der Waals surface area contributed by atoms with E-state index in [0.29, 0.717) is 40.7 Å². The summed E-state index contributed by atoms with van der Waals surface area (Å²) in [6.07, 6.45) is 4.15. The van der Waals surface area contributed by atoms with Crippen molar-refractivity contribution >= 4 is 39.1 Å². The van der Waals surface area contributed by atoms with Crippen LogP contribution in [-0.4, -0.2) is 44.0 Å². The van der Waals surface area contributed by atoms with Gasteiger partial charge in [0.05, 0.1) is 16.6 Å². The summed E-state index contributed by atoms with van der Waals surface area (Å²) in [6.45, 7) is 3.28. The third-order valence-electron chi connectivity index (χ3n) is 5.95. The van der Waals surface area contributed by atoms with Crippen LogP contribution < -0.4 is 10.7 Å². The fourth-order valence-electron chi connectivity index (χ4n) is 4.12. The van der Waals surface area contributed by atoms with Crippen LogP contribution in [0.1, 0.15) is 33.5 Å². The van der Waals surface area contributed by atoms with Crippen molar-refractivity contribution in [1.82, 2.24) is 24.8 Å². The standard InChI is InChI=1S/C26H28ClN5O3S/c1-16-21(15-31(2)14-20(33)26-28-9-4-10-29-26)36-25-23(16)32(3)13-18(24(25)35)11-22(34)30-12-17-5-7-19(27)8-6-17/h4-10,13,20,33H,11-12,14-15H2,1-3H3,(H,30,34)/t20-/m1/s1. The first-order chi connectivity index (χ1) is 17.2. The van der Waals surface area contributed by atoms with Gasteiger partial charge in [0.15, 0.2) is 5.82 Å². The van der Waals surface area contributed by atoms with Gasteiger partial charge < -0.3 is 15.0 Å². The van der Waals surface area contributed by atoms with Crippen molar-refractivity contribution in [2.75, 3.05) is 13.6 Å². The molecule has 36 heavy (non-hydrogen) atoms. The number of pyridine rings is 1. The van der Waals surface area contributed by atoms with E-state index in [1.165, 1.54) is 11.3 Å². The number of fused-ring (bicyclic) bond motifs is 1. The first-order valence-corrected chi connectivity index (χ1v) is 12.7. The van der Waals surface area contributed by atoms with Crippen molar-refractivity contribution in [3.05, 3.63) is 91.6 Å². The number of aryl methyl sites for hydroxylation is 2. The monoisotopic (exact) mass is 525 g/mol. The largest absolute Gasteiger partial charge is 0.384 e. The highest BCUT2D eigenvalue weighted by molar-refractivity contribution is 7.19. The number of aliphatic hydroxyl groups is 1. The summed E-state index contributed by atoms with van der Waals surface area (Å²) in [5.74, 6) is 0.163. The van der Waals surface area contributed by atoms with E-state index < -0.39 is 6.10 Å². The summed E-state index contributed by atoms with van der Waals surface area (Å²) in [7, 11) is 3.80. The van der Waals surface area contributed by atoms with Crippen LogP contribution in [0.5, 0.6) is 0 Å². The number of carbonyl (C=O) groups is 1. The van der Waals surface area contributed by atoms with Gasteiger partial charge in [-0.3, -0.25) is 14.5 Å². The lowest BCUT2D eigenvalue weighted by molar-refractivity contribution is -0.120. The topological polar surface area (TPSA) is 100 Å². The van der Waals surface area contributed by atoms with Crippen LogP contribution in [-0.2, 0) is 31.4 Å². The molecule has 0 radical (unpaired) electrons. The van der Waals surface area contributed by atoms with Gasteiger partial charge in [0, 0.05) is 60.7 Å². The molecule has 3 heterocycles. The molecule has 4 rings (SSSR count). The summed E-state index contributed by atoms with van der Waals surface area (Å²) in [6, 6.07) is 8.96. The molecule has 10 heteroatoms. The van der Waals surface area contributed by atoms with Gasteiger partial charge in [-0.15, -0.1) is 11.3 Å². The number of benzene rings is 1. The molecule has 0 saturated carbocycles. The number of aliphatic hydroxyl groups excluding tert-OH is 1. The quantitative estimate of drug-likeness (QED) is 0.347. The van der Waals surface area contributed by atoms with Gasteiger partial charge in [-0.2, -0.15) is 0 Å². The lowest BCUT2D eigenvalue weighted by Crippen LogP contribution is -2.27. The van der Waals surface area contributed by atoms with Crippen molar-refractivity contribution in [1.29, 1.82) is 0 Å². The Kier molecular flexibility index (Phi) is 8.15. The maximum Gasteiger partial charge on any atom is 0.224 e. The SMILES string of the molecule is Cc1c(CN(C)C[C@@H](O)c2ncccn2)sc2c(=O)c(CC(=O)NCc3ccc(Cl)cc3)cn(C)c12. The Morgan fingerprint density at radius 2 is 1.94 bits per heavy atom. The zero-order valence-corrected chi connectivity index (χ0v) is 21.9. The van der Waals surface area contributed by atoms with Crippen LogP contribution in [0.2, 0.25) is 5.02 Å². The Bertz CT molecular complexity index is 1420. The number of nitrogens with one attached hydrogen (secondary N) is 1. The number of rotatable bonds is 9. The Morgan fingerprint density at radius 3 is 2.64 bits per heavy atom. The van der Waals surface area contributed by atoms with E-state index in [4.69, 9.17) is 11.6 Å². The summed E-state index contributed by atoms with van der Waals surface area (Å²) in [5.41, 5.74) is 3.15. The number of hydrogen-bond acceptors (Lipinski definition) is 7. The maximum atomic E-state index is 13.3. The van der Waals surface area contributed by atoms with Crippen LogP contribution >= 0.6 is 22.9 Å². The number of nitrogens with zero attached hydrogens (tertiary/aromatic N) is 4. The molecule has 0 aliphatic rings. The second-order valence-corrected chi connectivity index (χ2v) is 10.4. The molecule has 4 aromatic rings. The van der Waals surface area contributed by atoms with Gasteiger partial charge in [0.2, 0.25) is 11.3 Å². The molecule has 0 unspecified atom stereocenters. The van der Waals surface area contributed by atoms with E-state index in [1.54, 1.807) is 36.8 Å². The normalized spacial score (nSPS) is 12.3. The van der Waals surface area contributed by atoms with Crippen molar-refractivity contribution < 1.29 is 9.90 Å². The van der Waals surface area contributed by atoms with Crippen molar-refractivity contribution in [2.45, 2.75) is 32.5 Å². The highest BCUT2D eigenvalue weighted by Crippen LogP contribution is 2.30. The molecule has 1 atom stereocenters. The minimum Gasteiger partial charge on any atom is -0.384 e. The average Bonchev–Trinajstić information content (AvgIpc) is 3.18. The third-order valence-corrected chi connectivity index (χ3v) is 7.47. The molecular weight excluding hydrogens is 498 g/mol. The van der Waals surface area contributed by atoms with E-state index in [1.807, 2.05) is 42.6 Å². The number of carbonyl (C=O) groups excluding carboxylic acids is 1. The minimum atomic E-state index is -0.810. The second-order valence-electron chi connectivity index (χ2n) is 8.82. The number of thiophene rings is 1. The number of aromatic nitrogens is 3. The Morgan fingerprint density at radius 1 is 1.25 bits per heavy atom. The molecule has 2 N–H and O–H groups in total. The van der Waals surface area contributed by atoms with Crippen molar-refractivity contribution in [3.8, 4) is 0 Å². The highest BCUT2D eigenvalue weighted by atomic mass is 35.5. The molecule has 3 aromatic heterocycles. The van der Waals surface area contributed by atoms with Gasteiger partial charge in [-0.1, -0.05) is 23.7 Å². The summed E-state index contributed by atoms with van der Waals surface area (Å²) < 4.78 is 2.55. The molecule has 0 spiro atoms. The van der Waals surface area contributed by atoms with E-state index >= 15 is 0 Å². The van der Waals surface area contributed by atoms with Gasteiger partial charge in [-0.25, -0.2) is 9.97 Å². The number of amides is 1. The maximum absolute atomic E-state index is 13.3. The van der Waals surface area contributed by atoms with Crippen LogP contribution in [0, 0.1) is 6.92 Å². The average molecular weight is 526 g/mol. The van der Waals surface area contributed by atoms with Crippen LogP contribution in [0.15, 0.2) is 53.7 Å². The predicted molar refractivity (Wildman–Crippen MR) is 142 cm³/mol. The number of halogens is 1. The fraction of sp³-hybridized carbons (Fsp3) is 0.308. The molecule has 188 valence electrons. The molecule has 1 aromatic carbocycles. The first kappa shape index (κ1) is 26.0. The highest BCUT2D eigenvalue weighted by Gasteiger charge is 2.20. The smallest absolute Gasteiger partial charge is 0.224 e. The summed E-state index contributed by atoms with van der Waals surface area (Å²) in [4.78, 5) is 37.1. The zero-order chi connectivity index (χ0) is 25.8. The molecule has 0 aliphatic heterocycles. The van der Waals surface area contributed by atoms with E-state index in [-0.39, 0.29) is 17.8 Å². The number of hydrogen-bond donors (Lipinski definition) is 2. The van der Waals surface area contributed by atoms with Gasteiger partial charge >= 0.3 is 0 Å². The predicted octanol–water partition coefficient (Wildman–Crippen LogP) is 3.38. The Labute approximate surface area is 218 Å². The first-order valence-electron chi connectivity index (χ1n) is 11.5. The zero-order valence-electron chi connectivity index (χ0n) is 20.4. The molecule has 0 aliphatic carbocycles. The lowest BCUT2D eigenvalue weighted by atomic mass is 10.1. The minimum absolute atomic E-state index is 0.00561. The van der Waals surface area contributed by atoms with Crippen LogP contribution in [0.3, 0.4) is 0 Å². The van der Waals surface area contributed by atoms with Gasteiger partial charge in [-0.05, 0) is 43.3 Å². The van der Waals surface area contributed by atoms with Crippen LogP contribution in [0.25, 0.3) is 10.2 Å². The fourth-order valence-corrected chi connectivity index (χ4v) is 5.64. The van der Waals surface area contributed by atoms with Gasteiger partial charge in [0.1, 0.15) is 6.10 Å². The summed E-state index contributed by atoms with van der Waals surface area (Å²) in [5, 5.41) is 14.0. The van der Waals surface area contributed by atoms with E-state index in [9.17, 15) is 14.7 Å².